The highest BCUT2D eigenvalue weighted by Crippen LogP contribution is 2.05. The third-order valence-corrected chi connectivity index (χ3v) is 2.30. The number of nitrogens with two attached hydrogens (primary N) is 1. The number of nitrogens with one attached hydrogen (secondary N) is 1. The van der Waals surface area contributed by atoms with Crippen molar-refractivity contribution in [2.45, 2.75) is 18.9 Å². The second-order valence-corrected chi connectivity index (χ2v) is 3.56. The third kappa shape index (κ3) is 4.31. The summed E-state index contributed by atoms with van der Waals surface area (Å²) in [6.07, 6.45) is 1.47. The summed E-state index contributed by atoms with van der Waals surface area (Å²) in [5.74, 6) is -0.347. The summed E-state index contributed by atoms with van der Waals surface area (Å²) in [4.78, 5) is 11.0. The molecule has 0 unspecified atom stereocenters. The van der Waals surface area contributed by atoms with Gasteiger partial charge in [0.1, 0.15) is 6.04 Å². The minimum atomic E-state index is -0.512. The van der Waals surface area contributed by atoms with E-state index in [0.29, 0.717) is 6.42 Å². The van der Waals surface area contributed by atoms with Crippen LogP contribution in [0.15, 0.2) is 30.3 Å². The highest BCUT2D eigenvalue weighted by Gasteiger charge is 2.12. The van der Waals surface area contributed by atoms with Crippen LogP contribution in [0.4, 0.5) is 5.69 Å². The van der Waals surface area contributed by atoms with E-state index in [1.54, 1.807) is 0 Å². The topological polar surface area (TPSA) is 64.3 Å². The Hall–Kier alpha value is -1.55. The Morgan fingerprint density at radius 3 is 2.75 bits per heavy atom. The molecule has 0 fully saturated rings. The molecule has 0 aliphatic carbocycles. The number of carbonyl (C=O) groups excluding carboxylic acids is 1. The number of anilines is 1. The smallest absolute Gasteiger partial charge is 0.322 e. The van der Waals surface area contributed by atoms with Gasteiger partial charge in [0.25, 0.3) is 0 Å². The van der Waals surface area contributed by atoms with Gasteiger partial charge < -0.3 is 15.8 Å². The Bertz CT molecular complexity index is 314. The summed E-state index contributed by atoms with van der Waals surface area (Å²) in [5, 5.41) is 3.25. The molecular formula is C12H18N2O2. The fourth-order valence-corrected chi connectivity index (χ4v) is 1.38. The van der Waals surface area contributed by atoms with Gasteiger partial charge in [-0.3, -0.25) is 4.79 Å². The summed E-state index contributed by atoms with van der Waals surface area (Å²) in [6.45, 7) is 0.800. The molecule has 0 bridgehead atoms. The Labute approximate surface area is 95.8 Å². The predicted octanol–water partition coefficient (Wildman–Crippen LogP) is 1.38. The van der Waals surface area contributed by atoms with E-state index in [1.807, 2.05) is 30.3 Å². The van der Waals surface area contributed by atoms with Crippen LogP contribution in [0, 0.1) is 0 Å². The first kappa shape index (κ1) is 12.5. The molecule has 0 aliphatic heterocycles. The van der Waals surface area contributed by atoms with Gasteiger partial charge in [0.2, 0.25) is 0 Å². The van der Waals surface area contributed by atoms with Crippen molar-refractivity contribution in [3.05, 3.63) is 30.3 Å². The first-order valence-corrected chi connectivity index (χ1v) is 5.36. The number of para-hydroxylation sites is 1. The fraction of sp³-hybridized carbons (Fsp3) is 0.417. The number of ether oxygens (including phenoxy) is 1. The molecule has 0 heterocycles. The summed E-state index contributed by atoms with van der Waals surface area (Å²) >= 11 is 0. The molecule has 16 heavy (non-hydrogen) atoms. The van der Waals surface area contributed by atoms with Gasteiger partial charge in [-0.25, -0.2) is 0 Å². The average Bonchev–Trinajstić information content (AvgIpc) is 2.34. The molecule has 0 aromatic heterocycles. The van der Waals surface area contributed by atoms with Gasteiger partial charge in [0.05, 0.1) is 7.11 Å². The second kappa shape index (κ2) is 6.85. The van der Waals surface area contributed by atoms with E-state index in [9.17, 15) is 4.79 Å². The zero-order valence-corrected chi connectivity index (χ0v) is 9.48. The Balaban J connectivity index is 2.15. The summed E-state index contributed by atoms with van der Waals surface area (Å²) < 4.78 is 4.54. The van der Waals surface area contributed by atoms with Crippen LogP contribution in [0.3, 0.4) is 0 Å². The number of carbonyl (C=O) groups is 1. The van der Waals surface area contributed by atoms with E-state index < -0.39 is 6.04 Å². The van der Waals surface area contributed by atoms with E-state index in [4.69, 9.17) is 5.73 Å². The number of hydrogen-bond donors (Lipinski definition) is 2. The van der Waals surface area contributed by atoms with Crippen LogP contribution in [0.5, 0.6) is 0 Å². The standard InChI is InChI=1S/C12H18N2O2/c1-16-12(15)11(13)8-5-9-14-10-6-3-2-4-7-10/h2-4,6-7,11,14H,5,8-9,13H2,1H3/t11-/m0/s1. The Morgan fingerprint density at radius 2 is 2.12 bits per heavy atom. The summed E-state index contributed by atoms with van der Waals surface area (Å²) in [6, 6.07) is 9.41. The molecule has 1 atom stereocenters. The van der Waals surface area contributed by atoms with Crippen molar-refractivity contribution in [2.24, 2.45) is 5.73 Å². The number of hydrogen-bond acceptors (Lipinski definition) is 4. The van der Waals surface area contributed by atoms with Crippen molar-refractivity contribution in [1.29, 1.82) is 0 Å². The van der Waals surface area contributed by atoms with E-state index >= 15 is 0 Å². The quantitative estimate of drug-likeness (QED) is 0.564. The monoisotopic (exact) mass is 222 g/mol. The number of benzene rings is 1. The van der Waals surface area contributed by atoms with Crippen LogP contribution in [0.2, 0.25) is 0 Å². The van der Waals surface area contributed by atoms with Crippen molar-refractivity contribution in [2.75, 3.05) is 19.0 Å². The van der Waals surface area contributed by atoms with Crippen molar-refractivity contribution in [3.63, 3.8) is 0 Å². The van der Waals surface area contributed by atoms with E-state index in [-0.39, 0.29) is 5.97 Å². The van der Waals surface area contributed by atoms with Crippen molar-refractivity contribution < 1.29 is 9.53 Å². The molecule has 4 nitrogen and oxygen atoms in total. The van der Waals surface area contributed by atoms with E-state index in [2.05, 4.69) is 10.1 Å². The zero-order valence-electron chi connectivity index (χ0n) is 9.48. The Kier molecular flexibility index (Phi) is 5.36. The van der Waals surface area contributed by atoms with Crippen LogP contribution < -0.4 is 11.1 Å². The van der Waals surface area contributed by atoms with Crippen LogP contribution in [0.1, 0.15) is 12.8 Å². The summed E-state index contributed by atoms with van der Waals surface area (Å²) in [5.41, 5.74) is 6.68. The molecule has 1 aromatic carbocycles. The van der Waals surface area contributed by atoms with Crippen molar-refractivity contribution in [3.8, 4) is 0 Å². The minimum absolute atomic E-state index is 0.347. The molecule has 3 N–H and O–H groups in total. The van der Waals surface area contributed by atoms with Crippen LogP contribution >= 0.6 is 0 Å². The van der Waals surface area contributed by atoms with Crippen LogP contribution in [0.25, 0.3) is 0 Å². The molecule has 0 radical (unpaired) electrons. The van der Waals surface area contributed by atoms with E-state index in [1.165, 1.54) is 7.11 Å². The molecule has 0 saturated heterocycles. The highest BCUT2D eigenvalue weighted by atomic mass is 16.5. The lowest BCUT2D eigenvalue weighted by atomic mass is 10.1. The number of rotatable bonds is 6. The minimum Gasteiger partial charge on any atom is -0.468 e. The zero-order chi connectivity index (χ0) is 11.8. The van der Waals surface area contributed by atoms with Gasteiger partial charge >= 0.3 is 5.97 Å². The molecular weight excluding hydrogens is 204 g/mol. The molecule has 0 amide bonds. The van der Waals surface area contributed by atoms with Gasteiger partial charge in [-0.15, -0.1) is 0 Å². The lowest BCUT2D eigenvalue weighted by Gasteiger charge is -2.09. The highest BCUT2D eigenvalue weighted by molar-refractivity contribution is 5.75. The van der Waals surface area contributed by atoms with E-state index in [0.717, 1.165) is 18.7 Å². The molecule has 1 aromatic rings. The Morgan fingerprint density at radius 1 is 1.44 bits per heavy atom. The molecule has 0 saturated carbocycles. The predicted molar refractivity (Wildman–Crippen MR) is 64.2 cm³/mol. The summed E-state index contributed by atoms with van der Waals surface area (Å²) in [7, 11) is 1.35. The van der Waals surface area contributed by atoms with Gasteiger partial charge in [0, 0.05) is 12.2 Å². The SMILES string of the molecule is COC(=O)[C@@H](N)CCCNc1ccccc1. The molecule has 0 aliphatic rings. The average molecular weight is 222 g/mol. The number of methoxy groups -OCH3 is 1. The molecule has 88 valence electrons. The second-order valence-electron chi connectivity index (χ2n) is 3.56. The molecule has 4 heteroatoms. The first-order valence-electron chi connectivity index (χ1n) is 5.36. The van der Waals surface area contributed by atoms with Crippen molar-refractivity contribution >= 4 is 11.7 Å². The lowest BCUT2D eigenvalue weighted by molar-refractivity contribution is -0.142. The molecule has 1 rings (SSSR count). The maximum Gasteiger partial charge on any atom is 0.322 e. The third-order valence-electron chi connectivity index (χ3n) is 2.30. The maximum absolute atomic E-state index is 11.0. The van der Waals surface area contributed by atoms with Crippen LogP contribution in [-0.2, 0) is 9.53 Å². The molecule has 0 spiro atoms. The largest absolute Gasteiger partial charge is 0.468 e. The van der Waals surface area contributed by atoms with Crippen LogP contribution in [-0.4, -0.2) is 25.7 Å². The number of esters is 1. The lowest BCUT2D eigenvalue weighted by Crippen LogP contribution is -2.31. The fourth-order valence-electron chi connectivity index (χ4n) is 1.38. The van der Waals surface area contributed by atoms with Gasteiger partial charge in [-0.05, 0) is 25.0 Å². The van der Waals surface area contributed by atoms with Gasteiger partial charge in [-0.2, -0.15) is 0 Å². The van der Waals surface area contributed by atoms with Gasteiger partial charge in [-0.1, -0.05) is 18.2 Å². The maximum atomic E-state index is 11.0. The normalized spacial score (nSPS) is 11.9. The first-order chi connectivity index (χ1) is 7.74. The van der Waals surface area contributed by atoms with Gasteiger partial charge in [0.15, 0.2) is 0 Å². The van der Waals surface area contributed by atoms with Crippen molar-refractivity contribution in [1.82, 2.24) is 0 Å².